The molecule has 106 valence electrons. The van der Waals surface area contributed by atoms with Crippen molar-refractivity contribution in [2.75, 3.05) is 43.6 Å². The summed E-state index contributed by atoms with van der Waals surface area (Å²) in [5.74, 6) is 0. The van der Waals surface area contributed by atoms with Gasteiger partial charge < -0.3 is 15.5 Å². The lowest BCUT2D eigenvalue weighted by Crippen LogP contribution is -2.50. The molecule has 1 heterocycles. The third-order valence-corrected chi connectivity index (χ3v) is 4.68. The molecule has 1 fully saturated rings. The smallest absolute Gasteiger partial charge is 0.175 e. The summed E-state index contributed by atoms with van der Waals surface area (Å²) in [7, 11) is -1.10. The van der Waals surface area contributed by atoms with E-state index in [1.54, 1.807) is 12.1 Å². The Morgan fingerprint density at radius 2 is 2.00 bits per heavy atom. The van der Waals surface area contributed by atoms with Crippen molar-refractivity contribution in [2.24, 2.45) is 0 Å². The second-order valence-corrected chi connectivity index (χ2v) is 7.31. The summed E-state index contributed by atoms with van der Waals surface area (Å²) in [4.78, 5) is 4.79. The molecule has 1 aliphatic heterocycles. The van der Waals surface area contributed by atoms with E-state index in [2.05, 4.69) is 23.8 Å². The highest BCUT2D eigenvalue weighted by Gasteiger charge is 2.23. The lowest BCUT2D eigenvalue weighted by Gasteiger charge is -2.40. The van der Waals surface area contributed by atoms with Crippen LogP contribution in [-0.2, 0) is 9.84 Å². The number of hydrogen-bond acceptors (Lipinski definition) is 5. The van der Waals surface area contributed by atoms with E-state index < -0.39 is 9.84 Å². The van der Waals surface area contributed by atoms with Crippen molar-refractivity contribution >= 4 is 21.2 Å². The van der Waals surface area contributed by atoms with Gasteiger partial charge in [-0.05, 0) is 32.2 Å². The Morgan fingerprint density at radius 3 is 2.53 bits per heavy atom. The molecule has 0 spiro atoms. The molecular weight excluding hydrogens is 262 g/mol. The predicted molar refractivity (Wildman–Crippen MR) is 78.3 cm³/mol. The number of hydrogen-bond donors (Lipinski definition) is 1. The summed E-state index contributed by atoms with van der Waals surface area (Å²) in [5.41, 5.74) is 7.48. The van der Waals surface area contributed by atoms with Crippen molar-refractivity contribution in [3.63, 3.8) is 0 Å². The zero-order chi connectivity index (χ0) is 14.2. The number of rotatable bonds is 2. The van der Waals surface area contributed by atoms with Gasteiger partial charge in [0.1, 0.15) is 0 Å². The fourth-order valence-corrected chi connectivity index (χ4v) is 3.18. The number of nitrogens with two attached hydrogens (primary N) is 1. The lowest BCUT2D eigenvalue weighted by atomic mass is 10.1. The summed E-state index contributed by atoms with van der Waals surface area (Å²) in [6, 6.07) is 5.36. The Labute approximate surface area is 114 Å². The average molecular weight is 283 g/mol. The van der Waals surface area contributed by atoms with Gasteiger partial charge in [0.25, 0.3) is 0 Å². The summed E-state index contributed by atoms with van der Waals surface area (Å²) >= 11 is 0. The van der Waals surface area contributed by atoms with Crippen LogP contribution in [-0.4, -0.2) is 52.3 Å². The molecule has 0 radical (unpaired) electrons. The zero-order valence-electron chi connectivity index (χ0n) is 11.6. The van der Waals surface area contributed by atoms with Gasteiger partial charge in [-0.25, -0.2) is 8.42 Å². The molecule has 2 N–H and O–H groups in total. The highest BCUT2D eigenvalue weighted by Crippen LogP contribution is 2.29. The SMILES string of the molecule is CC1CN(C)CCN1c1ccc(S(C)(=O)=O)cc1N. The van der Waals surface area contributed by atoms with E-state index in [-0.39, 0.29) is 4.90 Å². The number of likely N-dealkylation sites (N-methyl/N-ethyl adjacent to an activating group) is 1. The first-order valence-electron chi connectivity index (χ1n) is 6.34. The first kappa shape index (κ1) is 14.1. The first-order chi connectivity index (χ1) is 8.79. The van der Waals surface area contributed by atoms with Gasteiger partial charge in [-0.2, -0.15) is 0 Å². The van der Waals surface area contributed by atoms with Gasteiger partial charge in [0.15, 0.2) is 9.84 Å². The minimum atomic E-state index is -3.20. The Balaban J connectivity index is 2.31. The molecule has 0 aromatic heterocycles. The molecule has 0 saturated carbocycles. The Hall–Kier alpha value is -1.27. The second-order valence-electron chi connectivity index (χ2n) is 5.30. The molecule has 1 aromatic rings. The standard InChI is InChI=1S/C13H21N3O2S/c1-10-9-15(2)6-7-16(10)13-5-4-11(8-12(13)14)19(3,17)18/h4-5,8,10H,6-7,9,14H2,1-3H3. The molecule has 1 atom stereocenters. The maximum absolute atomic E-state index is 11.5. The van der Waals surface area contributed by atoms with E-state index in [1.807, 2.05) is 6.07 Å². The summed E-state index contributed by atoms with van der Waals surface area (Å²) in [6.07, 6.45) is 1.19. The van der Waals surface area contributed by atoms with Crippen LogP contribution in [0, 0.1) is 0 Å². The fraction of sp³-hybridized carbons (Fsp3) is 0.538. The van der Waals surface area contributed by atoms with E-state index in [9.17, 15) is 8.42 Å². The van der Waals surface area contributed by atoms with Crippen LogP contribution in [0.25, 0.3) is 0 Å². The number of sulfone groups is 1. The third kappa shape index (κ3) is 3.01. The molecule has 0 bridgehead atoms. The molecule has 2 rings (SSSR count). The van der Waals surface area contributed by atoms with Crippen LogP contribution in [0.15, 0.2) is 23.1 Å². The number of nitrogen functional groups attached to an aromatic ring is 1. The van der Waals surface area contributed by atoms with Gasteiger partial charge in [-0.15, -0.1) is 0 Å². The van der Waals surface area contributed by atoms with E-state index in [4.69, 9.17) is 5.73 Å². The first-order valence-corrected chi connectivity index (χ1v) is 8.23. The van der Waals surface area contributed by atoms with Crippen molar-refractivity contribution in [3.05, 3.63) is 18.2 Å². The van der Waals surface area contributed by atoms with Crippen LogP contribution in [0.4, 0.5) is 11.4 Å². The van der Waals surface area contributed by atoms with Crippen LogP contribution in [0.1, 0.15) is 6.92 Å². The number of piperazine rings is 1. The normalized spacial score (nSPS) is 21.6. The monoisotopic (exact) mass is 283 g/mol. The highest BCUT2D eigenvalue weighted by atomic mass is 32.2. The van der Waals surface area contributed by atoms with Crippen molar-refractivity contribution in [1.29, 1.82) is 0 Å². The van der Waals surface area contributed by atoms with Gasteiger partial charge in [-0.1, -0.05) is 0 Å². The van der Waals surface area contributed by atoms with Crippen LogP contribution < -0.4 is 10.6 Å². The summed E-state index contributed by atoms with van der Waals surface area (Å²) in [6.45, 7) is 5.02. The maximum atomic E-state index is 11.5. The molecule has 0 amide bonds. The molecule has 1 aliphatic rings. The minimum Gasteiger partial charge on any atom is -0.397 e. The number of benzene rings is 1. The van der Waals surface area contributed by atoms with Crippen molar-refractivity contribution in [1.82, 2.24) is 4.90 Å². The second kappa shape index (κ2) is 5.02. The van der Waals surface area contributed by atoms with E-state index in [1.165, 1.54) is 6.26 Å². The molecule has 6 heteroatoms. The van der Waals surface area contributed by atoms with Gasteiger partial charge in [0, 0.05) is 31.9 Å². The van der Waals surface area contributed by atoms with Gasteiger partial charge in [0.2, 0.25) is 0 Å². The van der Waals surface area contributed by atoms with Gasteiger partial charge in [-0.3, -0.25) is 0 Å². The van der Waals surface area contributed by atoms with Gasteiger partial charge in [0.05, 0.1) is 16.3 Å². The van der Waals surface area contributed by atoms with Crippen molar-refractivity contribution in [2.45, 2.75) is 17.9 Å². The molecule has 0 aliphatic carbocycles. The highest BCUT2D eigenvalue weighted by molar-refractivity contribution is 7.90. The molecule has 1 aromatic carbocycles. The topological polar surface area (TPSA) is 66.6 Å². The Morgan fingerprint density at radius 1 is 1.32 bits per heavy atom. The minimum absolute atomic E-state index is 0.274. The summed E-state index contributed by atoms with van der Waals surface area (Å²) < 4.78 is 23.0. The molecule has 1 unspecified atom stereocenters. The van der Waals surface area contributed by atoms with Crippen LogP contribution in [0.3, 0.4) is 0 Å². The van der Waals surface area contributed by atoms with E-state index in [0.29, 0.717) is 11.7 Å². The average Bonchev–Trinajstić information content (AvgIpc) is 2.28. The Kier molecular flexibility index (Phi) is 3.73. The zero-order valence-corrected chi connectivity index (χ0v) is 12.4. The van der Waals surface area contributed by atoms with Crippen LogP contribution in [0.2, 0.25) is 0 Å². The number of anilines is 2. The van der Waals surface area contributed by atoms with Crippen molar-refractivity contribution in [3.8, 4) is 0 Å². The van der Waals surface area contributed by atoms with Crippen LogP contribution in [0.5, 0.6) is 0 Å². The molecular formula is C13H21N3O2S. The quantitative estimate of drug-likeness (QED) is 0.814. The van der Waals surface area contributed by atoms with Crippen LogP contribution >= 0.6 is 0 Å². The van der Waals surface area contributed by atoms with Crippen molar-refractivity contribution < 1.29 is 8.42 Å². The third-order valence-electron chi connectivity index (χ3n) is 3.57. The van der Waals surface area contributed by atoms with E-state index in [0.717, 1.165) is 25.3 Å². The molecule has 19 heavy (non-hydrogen) atoms. The van der Waals surface area contributed by atoms with E-state index >= 15 is 0 Å². The lowest BCUT2D eigenvalue weighted by molar-refractivity contribution is 0.276. The molecule has 5 nitrogen and oxygen atoms in total. The largest absolute Gasteiger partial charge is 0.397 e. The maximum Gasteiger partial charge on any atom is 0.175 e. The number of nitrogens with zero attached hydrogens (tertiary/aromatic N) is 2. The predicted octanol–water partition coefficient (Wildman–Crippen LogP) is 0.813. The molecule has 1 saturated heterocycles. The summed E-state index contributed by atoms with van der Waals surface area (Å²) in [5, 5.41) is 0. The fourth-order valence-electron chi connectivity index (χ4n) is 2.52. The van der Waals surface area contributed by atoms with Gasteiger partial charge >= 0.3 is 0 Å². The Bertz CT molecular complexity index is 571.